The molecule has 5 rings (SSSR count). The first-order valence-electron chi connectivity index (χ1n) is 12.2. The molecular weight excluding hydrogens is 432 g/mol. The van der Waals surface area contributed by atoms with E-state index in [0.29, 0.717) is 11.8 Å². The summed E-state index contributed by atoms with van der Waals surface area (Å²) in [5.41, 5.74) is 3.77. The number of anilines is 4. The van der Waals surface area contributed by atoms with E-state index in [1.54, 1.807) is 0 Å². The molecule has 2 aliphatic heterocycles. The van der Waals surface area contributed by atoms with Crippen LogP contribution < -0.4 is 15.5 Å². The third-order valence-corrected chi connectivity index (χ3v) is 6.30. The van der Waals surface area contributed by atoms with E-state index in [1.807, 2.05) is 6.33 Å². The molecule has 0 saturated carbocycles. The van der Waals surface area contributed by atoms with Crippen molar-refractivity contribution < 1.29 is 9.47 Å². The van der Waals surface area contributed by atoms with Crippen LogP contribution in [-0.4, -0.2) is 90.1 Å². The van der Waals surface area contributed by atoms with Crippen molar-refractivity contribution >= 4 is 34.3 Å². The molecule has 0 aliphatic carbocycles. The molecule has 34 heavy (non-hydrogen) atoms. The van der Waals surface area contributed by atoms with E-state index in [2.05, 4.69) is 68.1 Å². The molecule has 2 aliphatic rings. The smallest absolute Gasteiger partial charge is 0.226 e. The van der Waals surface area contributed by atoms with Gasteiger partial charge in [-0.15, -0.1) is 0 Å². The first kappa shape index (κ1) is 22.8. The van der Waals surface area contributed by atoms with Crippen LogP contribution in [0, 0.1) is 0 Å². The predicted molar refractivity (Wildman–Crippen MR) is 134 cm³/mol. The zero-order valence-electron chi connectivity index (χ0n) is 20.0. The molecule has 182 valence electrons. The van der Waals surface area contributed by atoms with Crippen LogP contribution in [0.4, 0.5) is 23.1 Å². The maximum atomic E-state index is 5.47. The zero-order valence-corrected chi connectivity index (χ0v) is 20.0. The Morgan fingerprint density at radius 2 is 1.65 bits per heavy atom. The molecule has 10 nitrogen and oxygen atoms in total. The van der Waals surface area contributed by atoms with Gasteiger partial charge in [0.05, 0.1) is 32.8 Å². The summed E-state index contributed by atoms with van der Waals surface area (Å²) in [5.74, 6) is 1.31. The molecule has 2 fully saturated rings. The highest BCUT2D eigenvalue weighted by molar-refractivity contribution is 5.86. The lowest BCUT2D eigenvalue weighted by atomic mass is 10.2. The Kier molecular flexibility index (Phi) is 7.08. The average Bonchev–Trinajstić information content (AvgIpc) is 3.30. The Morgan fingerprint density at radius 3 is 2.35 bits per heavy atom. The van der Waals surface area contributed by atoms with Crippen molar-refractivity contribution in [2.45, 2.75) is 19.9 Å². The Hall–Kier alpha value is -2.95. The van der Waals surface area contributed by atoms with Crippen molar-refractivity contribution in [3.8, 4) is 0 Å². The van der Waals surface area contributed by atoms with Crippen LogP contribution in [-0.2, 0) is 9.47 Å². The Morgan fingerprint density at radius 1 is 0.941 bits per heavy atom. The lowest BCUT2D eigenvalue weighted by molar-refractivity contribution is 0.0398. The Balaban J connectivity index is 1.34. The molecule has 0 spiro atoms. The number of imidazole rings is 1. The highest BCUT2D eigenvalue weighted by atomic mass is 16.5. The fraction of sp³-hybridized carbons (Fsp3) is 0.542. The molecule has 10 heteroatoms. The van der Waals surface area contributed by atoms with Crippen molar-refractivity contribution in [1.29, 1.82) is 0 Å². The van der Waals surface area contributed by atoms with Gasteiger partial charge in [0.15, 0.2) is 17.0 Å². The van der Waals surface area contributed by atoms with Crippen molar-refractivity contribution in [2.24, 2.45) is 0 Å². The number of ether oxygens (including phenoxy) is 2. The fourth-order valence-corrected chi connectivity index (χ4v) is 4.33. The number of fused-ring (bicyclic) bond motifs is 1. The van der Waals surface area contributed by atoms with Gasteiger partial charge in [0, 0.05) is 56.7 Å². The monoisotopic (exact) mass is 466 g/mol. The first-order valence-corrected chi connectivity index (χ1v) is 12.2. The molecule has 3 aromatic rings. The number of morpholine rings is 2. The lowest BCUT2D eigenvalue weighted by Gasteiger charge is -2.28. The molecule has 0 bridgehead atoms. The molecule has 2 aromatic heterocycles. The van der Waals surface area contributed by atoms with Gasteiger partial charge in [0.25, 0.3) is 0 Å². The van der Waals surface area contributed by atoms with Crippen LogP contribution in [0.3, 0.4) is 0 Å². The molecule has 2 N–H and O–H groups in total. The van der Waals surface area contributed by atoms with Crippen LogP contribution in [0.5, 0.6) is 0 Å². The van der Waals surface area contributed by atoms with Gasteiger partial charge in [-0.2, -0.15) is 9.97 Å². The van der Waals surface area contributed by atoms with Crippen LogP contribution in [0.1, 0.15) is 19.9 Å². The summed E-state index contributed by atoms with van der Waals surface area (Å²) in [7, 11) is 0. The molecule has 4 heterocycles. The second kappa shape index (κ2) is 10.5. The summed E-state index contributed by atoms with van der Waals surface area (Å²) >= 11 is 0. The summed E-state index contributed by atoms with van der Waals surface area (Å²) in [4.78, 5) is 18.9. The maximum absolute atomic E-state index is 5.47. The van der Waals surface area contributed by atoms with Crippen molar-refractivity contribution in [3.05, 3.63) is 30.6 Å². The molecule has 0 unspecified atom stereocenters. The normalized spacial score (nSPS) is 17.4. The van der Waals surface area contributed by atoms with Gasteiger partial charge in [-0.1, -0.05) is 0 Å². The van der Waals surface area contributed by atoms with Gasteiger partial charge in [-0.25, -0.2) is 4.98 Å². The van der Waals surface area contributed by atoms with Crippen LogP contribution in [0.25, 0.3) is 11.2 Å². The molecule has 0 radical (unpaired) electrons. The molecule has 0 amide bonds. The molecule has 2 saturated heterocycles. The number of aromatic nitrogens is 4. The lowest BCUT2D eigenvalue weighted by Crippen LogP contribution is -2.39. The quantitative estimate of drug-likeness (QED) is 0.520. The second-order valence-corrected chi connectivity index (χ2v) is 8.97. The molecular formula is C24H34N8O2. The number of nitrogens with zero attached hydrogens (tertiary/aromatic N) is 6. The fourth-order valence-electron chi connectivity index (χ4n) is 4.33. The van der Waals surface area contributed by atoms with Gasteiger partial charge >= 0.3 is 0 Å². The van der Waals surface area contributed by atoms with Crippen LogP contribution in [0.15, 0.2) is 30.6 Å². The summed E-state index contributed by atoms with van der Waals surface area (Å²) in [6, 6.07) is 8.70. The van der Waals surface area contributed by atoms with E-state index in [4.69, 9.17) is 19.4 Å². The second-order valence-electron chi connectivity index (χ2n) is 8.97. The first-order chi connectivity index (χ1) is 16.7. The highest BCUT2D eigenvalue weighted by Gasteiger charge is 2.17. The van der Waals surface area contributed by atoms with Gasteiger partial charge in [-0.05, 0) is 38.1 Å². The van der Waals surface area contributed by atoms with Crippen LogP contribution >= 0.6 is 0 Å². The van der Waals surface area contributed by atoms with E-state index in [9.17, 15) is 0 Å². The average molecular weight is 467 g/mol. The van der Waals surface area contributed by atoms with Crippen LogP contribution in [0.2, 0.25) is 0 Å². The van der Waals surface area contributed by atoms with Gasteiger partial charge < -0.3 is 29.6 Å². The highest BCUT2D eigenvalue weighted by Crippen LogP contribution is 2.27. The summed E-state index contributed by atoms with van der Waals surface area (Å²) in [5, 5.41) is 6.89. The number of hydrogen-bond acceptors (Lipinski definition) is 9. The SMILES string of the molecule is CC(C)n1cnc2c(Nc3ccc(N4CCOCC4)cc3)nc(NCCN3CCOCC3)nc21. The summed E-state index contributed by atoms with van der Waals surface area (Å²) in [6.45, 7) is 12.9. The van der Waals surface area contributed by atoms with Crippen molar-refractivity contribution in [1.82, 2.24) is 24.4 Å². The van der Waals surface area contributed by atoms with Gasteiger partial charge in [0.1, 0.15) is 0 Å². The molecule has 0 atom stereocenters. The minimum absolute atomic E-state index is 0.252. The number of hydrogen-bond donors (Lipinski definition) is 2. The van der Waals surface area contributed by atoms with E-state index >= 15 is 0 Å². The minimum atomic E-state index is 0.252. The van der Waals surface area contributed by atoms with Crippen molar-refractivity contribution in [2.75, 3.05) is 81.2 Å². The number of rotatable bonds is 8. The maximum Gasteiger partial charge on any atom is 0.226 e. The standard InChI is InChI=1S/C24H34N8O2/c1-18(2)32-17-26-21-22(27-19-3-5-20(6-4-19)31-11-15-34-16-12-31)28-24(29-23(21)32)25-7-8-30-9-13-33-14-10-30/h3-6,17-18H,7-16H2,1-2H3,(H2,25,27,28,29). The van der Waals surface area contributed by atoms with Gasteiger partial charge in [0.2, 0.25) is 5.95 Å². The van der Waals surface area contributed by atoms with Gasteiger partial charge in [-0.3, -0.25) is 4.90 Å². The van der Waals surface area contributed by atoms with E-state index < -0.39 is 0 Å². The largest absolute Gasteiger partial charge is 0.379 e. The minimum Gasteiger partial charge on any atom is -0.379 e. The zero-order chi connectivity index (χ0) is 23.3. The van der Waals surface area contributed by atoms with E-state index in [0.717, 1.165) is 82.5 Å². The van der Waals surface area contributed by atoms with Crippen molar-refractivity contribution in [3.63, 3.8) is 0 Å². The predicted octanol–water partition coefficient (Wildman–Crippen LogP) is 2.73. The summed E-state index contributed by atoms with van der Waals surface area (Å²) in [6.07, 6.45) is 1.84. The third kappa shape index (κ3) is 5.24. The number of nitrogens with one attached hydrogen (secondary N) is 2. The third-order valence-electron chi connectivity index (χ3n) is 6.30. The van der Waals surface area contributed by atoms with E-state index in [1.165, 1.54) is 5.69 Å². The summed E-state index contributed by atoms with van der Waals surface area (Å²) < 4.78 is 13.0. The Bertz CT molecular complexity index is 1070. The van der Waals surface area contributed by atoms with E-state index in [-0.39, 0.29) is 6.04 Å². The Labute approximate surface area is 200 Å². The number of benzene rings is 1. The topological polar surface area (TPSA) is 92.6 Å². The molecule has 1 aromatic carbocycles.